The molecule has 14 heteroatoms. The summed E-state index contributed by atoms with van der Waals surface area (Å²) in [4.78, 5) is 84.5. The Morgan fingerprint density at radius 3 is 2.40 bits per heavy atom. The number of nitrogens with zero attached hydrogens (tertiary/aromatic N) is 1. The Bertz CT molecular complexity index is 1350. The van der Waals surface area contributed by atoms with Gasteiger partial charge in [0.25, 0.3) is 0 Å². The highest BCUT2D eigenvalue weighted by Crippen LogP contribution is 2.41. The molecule has 1 aromatic carbocycles. The lowest BCUT2D eigenvalue weighted by Crippen LogP contribution is -2.69. The minimum atomic E-state index is -1.42. The number of nitrogens with two attached hydrogens (primary N) is 1. The number of carboxylic acids is 1. The highest BCUT2D eigenvalue weighted by Gasteiger charge is 2.52. The fourth-order valence-corrected chi connectivity index (χ4v) is 6.81. The molecule has 3 rings (SSSR count). The van der Waals surface area contributed by atoms with Crippen LogP contribution in [0.3, 0.4) is 0 Å². The topological polar surface area (TPSA) is 221 Å². The van der Waals surface area contributed by atoms with Crippen molar-refractivity contribution in [1.29, 1.82) is 0 Å². The van der Waals surface area contributed by atoms with Crippen molar-refractivity contribution in [3.8, 4) is 0 Å². The zero-order chi connectivity index (χ0) is 35.4. The van der Waals surface area contributed by atoms with E-state index in [2.05, 4.69) is 31.6 Å². The van der Waals surface area contributed by atoms with Gasteiger partial charge in [-0.3, -0.25) is 33.8 Å². The Morgan fingerprint density at radius 1 is 1.04 bits per heavy atom. The maximum absolute atomic E-state index is 14.6. The molecule has 1 aliphatic carbocycles. The van der Waals surface area contributed by atoms with E-state index in [0.29, 0.717) is 25.8 Å². The van der Waals surface area contributed by atoms with Gasteiger partial charge in [0.15, 0.2) is 11.7 Å². The van der Waals surface area contributed by atoms with E-state index < -0.39 is 78.3 Å². The molecule has 1 saturated heterocycles. The molecule has 1 unspecified atom stereocenters. The van der Waals surface area contributed by atoms with Gasteiger partial charge in [-0.2, -0.15) is 0 Å². The number of aliphatic imine (C=N–C) groups is 1. The van der Waals surface area contributed by atoms with Gasteiger partial charge in [-0.1, -0.05) is 57.5 Å². The Kier molecular flexibility index (Phi) is 13.9. The first-order chi connectivity index (χ1) is 22.7. The minimum Gasteiger partial charge on any atom is -0.481 e. The van der Waals surface area contributed by atoms with Crippen LogP contribution in [0.2, 0.25) is 0 Å². The van der Waals surface area contributed by atoms with E-state index in [-0.39, 0.29) is 36.6 Å². The molecular formula is C34H51N7O7. The van der Waals surface area contributed by atoms with Crippen LogP contribution in [-0.4, -0.2) is 84.2 Å². The predicted octanol–water partition coefficient (Wildman–Crippen LogP) is 0.640. The van der Waals surface area contributed by atoms with Gasteiger partial charge in [-0.15, -0.1) is 0 Å². The molecule has 4 amide bonds. The van der Waals surface area contributed by atoms with Crippen molar-refractivity contribution in [3.63, 3.8) is 0 Å². The molecule has 1 saturated carbocycles. The van der Waals surface area contributed by atoms with Crippen LogP contribution in [0.5, 0.6) is 0 Å². The number of guanidine groups is 1. The molecular weight excluding hydrogens is 618 g/mol. The van der Waals surface area contributed by atoms with Gasteiger partial charge in [-0.25, -0.2) is 0 Å². The van der Waals surface area contributed by atoms with Crippen molar-refractivity contribution < 1.29 is 33.9 Å². The molecule has 1 spiro atoms. The van der Waals surface area contributed by atoms with Crippen molar-refractivity contribution in [2.24, 2.45) is 34.4 Å². The number of rotatable bonds is 9. The maximum atomic E-state index is 14.6. The number of amides is 4. The molecule has 8 N–H and O–H groups in total. The summed E-state index contributed by atoms with van der Waals surface area (Å²) in [6, 6.07) is 6.76. The van der Waals surface area contributed by atoms with E-state index in [1.165, 1.54) is 7.05 Å². The fourth-order valence-electron chi connectivity index (χ4n) is 6.81. The highest BCUT2D eigenvalue weighted by molar-refractivity contribution is 5.99. The molecule has 1 aromatic rings. The van der Waals surface area contributed by atoms with Crippen molar-refractivity contribution >= 4 is 41.3 Å². The number of carbonyl (C=O) groups excluding carboxylic acids is 5. The summed E-state index contributed by atoms with van der Waals surface area (Å²) in [6.07, 6.45) is 1.32. The van der Waals surface area contributed by atoms with Gasteiger partial charge in [0.05, 0.1) is 18.9 Å². The Morgan fingerprint density at radius 2 is 1.75 bits per heavy atom. The van der Waals surface area contributed by atoms with Gasteiger partial charge < -0.3 is 37.4 Å². The van der Waals surface area contributed by atoms with Gasteiger partial charge in [-0.05, 0) is 49.0 Å². The first-order valence-corrected chi connectivity index (χ1v) is 16.7. The summed E-state index contributed by atoms with van der Waals surface area (Å²) < 4.78 is 0. The fraction of sp³-hybridized carbons (Fsp3) is 0.618. The first kappa shape index (κ1) is 38.0. The second-order valence-electron chi connectivity index (χ2n) is 13.4. The van der Waals surface area contributed by atoms with Crippen LogP contribution in [0.25, 0.3) is 0 Å². The van der Waals surface area contributed by atoms with Crippen LogP contribution in [0.15, 0.2) is 35.3 Å². The minimum absolute atomic E-state index is 0.0295. The number of carbonyl (C=O) groups is 6. The molecule has 0 bridgehead atoms. The Balaban J connectivity index is 2.09. The molecule has 2 aliphatic rings. The molecule has 264 valence electrons. The number of nitrogens with one attached hydrogen (secondary N) is 5. The molecule has 1 aliphatic heterocycles. The molecule has 1 heterocycles. The SMILES string of the molecule is CN=C(N)NCCC[C@@H]1NC(=O)C2(C[C@@H](C)CC[C@@H]2C(C)C)NC(=O)[C@@H](Cc2ccccc2)NC(=O)[C@H](CC(=O)O)CC(=O)CNC1=O. The highest BCUT2D eigenvalue weighted by atomic mass is 16.4. The summed E-state index contributed by atoms with van der Waals surface area (Å²) >= 11 is 0. The molecule has 6 atom stereocenters. The van der Waals surface area contributed by atoms with Crippen molar-refractivity contribution in [1.82, 2.24) is 26.6 Å². The average Bonchev–Trinajstić information content (AvgIpc) is 3.03. The normalized spacial score (nSPS) is 28.1. The zero-order valence-electron chi connectivity index (χ0n) is 28.3. The van der Waals surface area contributed by atoms with E-state index in [1.807, 2.05) is 26.8 Å². The Labute approximate surface area is 281 Å². The molecule has 0 radical (unpaired) electrons. The van der Waals surface area contributed by atoms with E-state index in [0.717, 1.165) is 12.0 Å². The lowest BCUT2D eigenvalue weighted by Gasteiger charge is -2.48. The second-order valence-corrected chi connectivity index (χ2v) is 13.4. The summed E-state index contributed by atoms with van der Waals surface area (Å²) in [7, 11) is 1.53. The quantitative estimate of drug-likeness (QED) is 0.111. The van der Waals surface area contributed by atoms with Crippen LogP contribution in [0.1, 0.15) is 71.3 Å². The number of aliphatic carboxylic acids is 1. The molecule has 0 aromatic heterocycles. The molecule has 2 fully saturated rings. The predicted molar refractivity (Wildman–Crippen MR) is 179 cm³/mol. The van der Waals surface area contributed by atoms with Crippen molar-refractivity contribution in [2.75, 3.05) is 20.1 Å². The number of ketones is 1. The number of hydrogen-bond acceptors (Lipinski definition) is 7. The monoisotopic (exact) mass is 669 g/mol. The standard InChI is InChI=1S/C34H51N7O7/c1-20(2)25-13-12-21(3)18-34(25)32(48)40-26(11-8-14-37-33(35)36-4)30(46)38-19-24(42)16-23(17-28(43)44)29(45)39-27(31(47)41-34)15-22-9-6-5-7-10-22/h5-7,9-10,20-21,23,25-27H,8,11-19H2,1-4H3,(H,38,46)(H,39,45)(H,40,48)(H,41,47)(H,43,44)(H3,35,36,37)/t21-,23-,25+,26-,27+,34?/m0/s1. The second kappa shape index (κ2) is 17.6. The van der Waals surface area contributed by atoms with E-state index in [1.54, 1.807) is 24.3 Å². The van der Waals surface area contributed by atoms with Gasteiger partial charge >= 0.3 is 5.97 Å². The van der Waals surface area contributed by atoms with Crippen molar-refractivity contribution in [3.05, 3.63) is 35.9 Å². The Hall–Kier alpha value is -4.49. The number of hydrogen-bond donors (Lipinski definition) is 7. The number of carboxylic acid groups (broad SMARTS) is 1. The first-order valence-electron chi connectivity index (χ1n) is 16.7. The maximum Gasteiger partial charge on any atom is 0.304 e. The van der Waals surface area contributed by atoms with E-state index in [9.17, 15) is 33.9 Å². The number of benzene rings is 1. The third-order valence-corrected chi connectivity index (χ3v) is 9.31. The summed E-state index contributed by atoms with van der Waals surface area (Å²) in [6.45, 7) is 5.87. The lowest BCUT2D eigenvalue weighted by molar-refractivity contribution is -0.144. The summed E-state index contributed by atoms with van der Waals surface area (Å²) in [5.41, 5.74) is 5.04. The van der Waals surface area contributed by atoms with Crippen molar-refractivity contribution in [2.45, 2.75) is 89.8 Å². The third-order valence-electron chi connectivity index (χ3n) is 9.31. The van der Waals surface area contributed by atoms with Crippen LogP contribution in [-0.2, 0) is 35.2 Å². The van der Waals surface area contributed by atoms with Crippen LogP contribution in [0.4, 0.5) is 0 Å². The lowest BCUT2D eigenvalue weighted by atomic mass is 9.64. The molecule has 14 nitrogen and oxygen atoms in total. The average molecular weight is 670 g/mol. The largest absolute Gasteiger partial charge is 0.481 e. The van der Waals surface area contributed by atoms with Crippen LogP contribution in [0, 0.1) is 23.7 Å². The molecule has 48 heavy (non-hydrogen) atoms. The smallest absolute Gasteiger partial charge is 0.304 e. The third kappa shape index (κ3) is 10.5. The number of Topliss-reactive ketones (excluding diaryl/α,β-unsaturated/α-hetero) is 1. The van der Waals surface area contributed by atoms with Crippen LogP contribution < -0.4 is 32.3 Å². The van der Waals surface area contributed by atoms with E-state index >= 15 is 0 Å². The van der Waals surface area contributed by atoms with Gasteiger partial charge in [0, 0.05) is 26.4 Å². The zero-order valence-corrected chi connectivity index (χ0v) is 28.3. The van der Waals surface area contributed by atoms with Gasteiger partial charge in [0.1, 0.15) is 17.6 Å². The van der Waals surface area contributed by atoms with Gasteiger partial charge in [0.2, 0.25) is 23.6 Å². The summed E-state index contributed by atoms with van der Waals surface area (Å²) in [5, 5.41) is 23.7. The van der Waals surface area contributed by atoms with Crippen LogP contribution >= 0.6 is 0 Å². The van der Waals surface area contributed by atoms with E-state index in [4.69, 9.17) is 5.73 Å². The summed E-state index contributed by atoms with van der Waals surface area (Å²) in [5.74, 6) is -5.72.